The van der Waals surface area contributed by atoms with E-state index in [1.165, 1.54) is 7.11 Å². The first-order valence-corrected chi connectivity index (χ1v) is 8.31. The Morgan fingerprint density at radius 3 is 2.36 bits per heavy atom. The van der Waals surface area contributed by atoms with Crippen LogP contribution in [0.25, 0.3) is 0 Å². The molecular formula is C17H14N2O5S. The molecule has 3 rings (SSSR count). The minimum atomic E-state index is -0.536. The lowest BCUT2D eigenvalue weighted by Gasteiger charge is -2.13. The molecule has 0 spiro atoms. The third-order valence-electron chi connectivity index (χ3n) is 3.75. The zero-order valence-corrected chi connectivity index (χ0v) is 14.1. The smallest absolute Gasteiger partial charge is 0.350 e. The van der Waals surface area contributed by atoms with Crippen LogP contribution in [-0.2, 0) is 9.53 Å². The zero-order valence-electron chi connectivity index (χ0n) is 13.3. The van der Waals surface area contributed by atoms with Crippen molar-refractivity contribution in [3.05, 3.63) is 51.7 Å². The molecule has 0 radical (unpaired) electrons. The second-order valence-corrected chi connectivity index (χ2v) is 6.18. The number of fused-ring (bicyclic) bond motifs is 1. The largest absolute Gasteiger partial charge is 0.465 e. The van der Waals surface area contributed by atoms with Crippen LogP contribution in [0.5, 0.6) is 0 Å². The van der Waals surface area contributed by atoms with Crippen molar-refractivity contribution in [3.8, 4) is 0 Å². The highest BCUT2D eigenvalue weighted by molar-refractivity contribution is 7.12. The Kier molecular flexibility index (Phi) is 4.62. The fourth-order valence-electron chi connectivity index (χ4n) is 2.53. The molecule has 1 aromatic heterocycles. The van der Waals surface area contributed by atoms with Crippen LogP contribution >= 0.6 is 11.3 Å². The van der Waals surface area contributed by atoms with Crippen molar-refractivity contribution in [3.63, 3.8) is 0 Å². The van der Waals surface area contributed by atoms with Crippen molar-refractivity contribution in [1.82, 2.24) is 4.90 Å². The predicted molar refractivity (Wildman–Crippen MR) is 90.7 cm³/mol. The molecule has 2 heterocycles. The molecular weight excluding hydrogens is 344 g/mol. The van der Waals surface area contributed by atoms with E-state index in [9.17, 15) is 19.2 Å². The number of carbonyl (C=O) groups excluding carboxylic acids is 4. The van der Waals surface area contributed by atoms with Gasteiger partial charge in [-0.25, -0.2) is 4.79 Å². The number of hydrogen-bond donors (Lipinski definition) is 1. The molecule has 128 valence electrons. The van der Waals surface area contributed by atoms with E-state index in [4.69, 9.17) is 0 Å². The SMILES string of the molecule is COC(=O)c1sccc1NC(=O)CCN1C(=O)c2ccccc2C1=O. The second-order valence-electron chi connectivity index (χ2n) is 5.26. The topological polar surface area (TPSA) is 92.8 Å². The minimum Gasteiger partial charge on any atom is -0.465 e. The average molecular weight is 358 g/mol. The molecule has 25 heavy (non-hydrogen) atoms. The number of benzene rings is 1. The van der Waals surface area contributed by atoms with Gasteiger partial charge in [0.1, 0.15) is 4.88 Å². The first-order chi connectivity index (χ1) is 12.0. The third kappa shape index (κ3) is 3.16. The fourth-order valence-corrected chi connectivity index (χ4v) is 3.29. The Morgan fingerprint density at radius 1 is 1.12 bits per heavy atom. The van der Waals surface area contributed by atoms with Crippen LogP contribution in [0.3, 0.4) is 0 Å². The number of ether oxygens (including phenoxy) is 1. The number of hydrogen-bond acceptors (Lipinski definition) is 6. The standard InChI is InChI=1S/C17H14N2O5S/c1-24-17(23)14-12(7-9-25-14)18-13(20)6-8-19-15(21)10-4-2-3-5-11(10)16(19)22/h2-5,7,9H,6,8H2,1H3,(H,18,20). The van der Waals surface area contributed by atoms with E-state index >= 15 is 0 Å². The molecule has 1 N–H and O–H groups in total. The molecule has 1 aliphatic heterocycles. The van der Waals surface area contributed by atoms with Crippen molar-refractivity contribution in [2.24, 2.45) is 0 Å². The van der Waals surface area contributed by atoms with Gasteiger partial charge in [-0.3, -0.25) is 19.3 Å². The minimum absolute atomic E-state index is 0.0319. The number of amides is 3. The molecule has 7 nitrogen and oxygen atoms in total. The Bertz CT molecular complexity index is 838. The number of esters is 1. The van der Waals surface area contributed by atoms with Gasteiger partial charge in [0.25, 0.3) is 11.8 Å². The molecule has 0 fully saturated rings. The molecule has 2 aromatic rings. The van der Waals surface area contributed by atoms with Crippen LogP contribution in [0.2, 0.25) is 0 Å². The van der Waals surface area contributed by atoms with Gasteiger partial charge in [0.15, 0.2) is 0 Å². The first-order valence-electron chi connectivity index (χ1n) is 7.44. The molecule has 0 bridgehead atoms. The van der Waals surface area contributed by atoms with Crippen LogP contribution in [0.15, 0.2) is 35.7 Å². The Labute approximate surface area is 147 Å². The number of nitrogens with zero attached hydrogens (tertiary/aromatic N) is 1. The van der Waals surface area contributed by atoms with E-state index in [0.717, 1.165) is 16.2 Å². The summed E-state index contributed by atoms with van der Waals surface area (Å²) in [6.45, 7) is -0.0319. The van der Waals surface area contributed by atoms with Crippen molar-refractivity contribution in [1.29, 1.82) is 0 Å². The molecule has 0 saturated heterocycles. The first kappa shape index (κ1) is 16.8. The van der Waals surface area contributed by atoms with Crippen LogP contribution in [0.1, 0.15) is 36.8 Å². The van der Waals surface area contributed by atoms with Crippen LogP contribution in [-0.4, -0.2) is 42.2 Å². The van der Waals surface area contributed by atoms with Gasteiger partial charge in [0.2, 0.25) is 5.91 Å². The Hall–Kier alpha value is -3.00. The van der Waals surface area contributed by atoms with Crippen molar-refractivity contribution in [2.75, 3.05) is 19.0 Å². The van der Waals surface area contributed by atoms with Crippen molar-refractivity contribution < 1.29 is 23.9 Å². The summed E-state index contributed by atoms with van der Waals surface area (Å²) in [5, 5.41) is 4.26. The van der Waals surface area contributed by atoms with Gasteiger partial charge in [0, 0.05) is 13.0 Å². The summed E-state index contributed by atoms with van der Waals surface area (Å²) in [5.74, 6) is -1.75. The summed E-state index contributed by atoms with van der Waals surface area (Å²) in [5.41, 5.74) is 1.04. The number of carbonyl (C=O) groups is 4. The highest BCUT2D eigenvalue weighted by Gasteiger charge is 2.35. The lowest BCUT2D eigenvalue weighted by atomic mass is 10.1. The van der Waals surface area contributed by atoms with Gasteiger partial charge in [-0.1, -0.05) is 12.1 Å². The number of nitrogens with one attached hydrogen (secondary N) is 1. The summed E-state index contributed by atoms with van der Waals surface area (Å²) in [6, 6.07) is 8.14. The Balaban J connectivity index is 1.63. The molecule has 0 atom stereocenters. The van der Waals surface area contributed by atoms with Gasteiger partial charge in [-0.15, -0.1) is 11.3 Å². The van der Waals surface area contributed by atoms with Crippen molar-refractivity contribution >= 4 is 40.7 Å². The third-order valence-corrected chi connectivity index (χ3v) is 4.65. The van der Waals surface area contributed by atoms with Gasteiger partial charge < -0.3 is 10.1 Å². The second kappa shape index (κ2) is 6.86. The van der Waals surface area contributed by atoms with E-state index in [1.807, 2.05) is 0 Å². The molecule has 3 amide bonds. The summed E-state index contributed by atoms with van der Waals surface area (Å²) in [6.07, 6.45) is -0.0675. The molecule has 1 aromatic carbocycles. The van der Waals surface area contributed by atoms with E-state index in [1.54, 1.807) is 35.7 Å². The predicted octanol–water partition coefficient (Wildman–Crippen LogP) is 2.16. The summed E-state index contributed by atoms with van der Waals surface area (Å²) >= 11 is 1.15. The van der Waals surface area contributed by atoms with E-state index in [-0.39, 0.29) is 17.8 Å². The van der Waals surface area contributed by atoms with Crippen LogP contribution < -0.4 is 5.32 Å². The summed E-state index contributed by atoms with van der Waals surface area (Å²) in [7, 11) is 1.26. The zero-order chi connectivity index (χ0) is 18.0. The van der Waals surface area contributed by atoms with Gasteiger partial charge in [-0.05, 0) is 23.6 Å². The number of thiophene rings is 1. The number of anilines is 1. The summed E-state index contributed by atoms with van der Waals surface area (Å²) < 4.78 is 4.64. The lowest BCUT2D eigenvalue weighted by Crippen LogP contribution is -2.33. The lowest BCUT2D eigenvalue weighted by molar-refractivity contribution is -0.116. The maximum atomic E-state index is 12.2. The van der Waals surface area contributed by atoms with E-state index in [2.05, 4.69) is 10.1 Å². The number of rotatable bonds is 5. The van der Waals surface area contributed by atoms with Crippen LogP contribution in [0, 0.1) is 0 Å². The highest BCUT2D eigenvalue weighted by atomic mass is 32.1. The molecule has 0 aliphatic carbocycles. The normalized spacial score (nSPS) is 12.9. The van der Waals surface area contributed by atoms with E-state index in [0.29, 0.717) is 16.8 Å². The van der Waals surface area contributed by atoms with Gasteiger partial charge in [0.05, 0.1) is 23.9 Å². The maximum absolute atomic E-state index is 12.2. The maximum Gasteiger partial charge on any atom is 0.350 e. The van der Waals surface area contributed by atoms with Crippen molar-refractivity contribution in [2.45, 2.75) is 6.42 Å². The average Bonchev–Trinajstić information content (AvgIpc) is 3.17. The molecule has 8 heteroatoms. The molecule has 0 unspecified atom stereocenters. The quantitative estimate of drug-likeness (QED) is 0.653. The van der Waals surface area contributed by atoms with Gasteiger partial charge >= 0.3 is 5.97 Å². The highest BCUT2D eigenvalue weighted by Crippen LogP contribution is 2.24. The van der Waals surface area contributed by atoms with Crippen LogP contribution in [0.4, 0.5) is 5.69 Å². The monoisotopic (exact) mass is 358 g/mol. The molecule has 0 saturated carbocycles. The fraction of sp³-hybridized carbons (Fsp3) is 0.176. The molecule has 1 aliphatic rings. The summed E-state index contributed by atoms with van der Waals surface area (Å²) in [4.78, 5) is 49.5. The Morgan fingerprint density at radius 2 is 1.76 bits per heavy atom. The number of imide groups is 1. The number of methoxy groups -OCH3 is 1. The van der Waals surface area contributed by atoms with Gasteiger partial charge in [-0.2, -0.15) is 0 Å². The van der Waals surface area contributed by atoms with E-state index < -0.39 is 23.7 Å².